The van der Waals surface area contributed by atoms with E-state index in [1.165, 1.54) is 34.2 Å². The molecule has 2 aromatic rings. The maximum atomic E-state index is 13.5. The molecule has 2 aromatic carbocycles. The Morgan fingerprint density at radius 2 is 1.74 bits per heavy atom. The quantitative estimate of drug-likeness (QED) is 0.592. The summed E-state index contributed by atoms with van der Waals surface area (Å²) in [6.07, 6.45) is 1.51. The molecule has 34 heavy (non-hydrogen) atoms. The average molecular weight is 483 g/mol. The fourth-order valence-corrected chi connectivity index (χ4v) is 5.93. The van der Waals surface area contributed by atoms with E-state index >= 15 is 0 Å². The first-order valence-corrected chi connectivity index (χ1v) is 12.8. The van der Waals surface area contributed by atoms with Crippen LogP contribution in [0.4, 0.5) is 10.5 Å². The average Bonchev–Trinajstić information content (AvgIpc) is 3.18. The van der Waals surface area contributed by atoms with Gasteiger partial charge in [-0.3, -0.25) is 4.79 Å². The summed E-state index contributed by atoms with van der Waals surface area (Å²) in [4.78, 5) is 31.8. The second-order valence-corrected chi connectivity index (χ2v) is 10.6. The fraction of sp³-hybridized carbons (Fsp3) is 0.360. The Hall–Kier alpha value is -3.33. The van der Waals surface area contributed by atoms with E-state index in [0.29, 0.717) is 26.2 Å². The van der Waals surface area contributed by atoms with Crippen LogP contribution in [0.3, 0.4) is 0 Å². The lowest BCUT2D eigenvalue weighted by Crippen LogP contribution is -2.54. The van der Waals surface area contributed by atoms with E-state index in [4.69, 9.17) is 0 Å². The third-order valence-electron chi connectivity index (χ3n) is 6.41. The van der Waals surface area contributed by atoms with Crippen LogP contribution in [-0.2, 0) is 14.8 Å². The van der Waals surface area contributed by atoms with E-state index in [2.05, 4.69) is 43.5 Å². The second-order valence-electron chi connectivity index (χ2n) is 8.69. The van der Waals surface area contributed by atoms with Crippen LogP contribution < -0.4 is 4.90 Å². The van der Waals surface area contributed by atoms with Crippen molar-refractivity contribution < 1.29 is 18.0 Å². The molecular weight excluding hydrogens is 452 g/mol. The van der Waals surface area contributed by atoms with Gasteiger partial charge < -0.3 is 14.7 Å². The number of carbonyl (C=O) groups excluding carboxylic acids is 2. The number of anilines is 1. The smallest absolute Gasteiger partial charge is 0.335 e. The van der Waals surface area contributed by atoms with Gasteiger partial charge in [-0.1, -0.05) is 36.4 Å². The summed E-state index contributed by atoms with van der Waals surface area (Å²) in [5.41, 5.74) is 3.53. The zero-order valence-electron chi connectivity index (χ0n) is 19.6. The van der Waals surface area contributed by atoms with Gasteiger partial charge in [0.25, 0.3) is 10.0 Å². The highest BCUT2D eigenvalue weighted by Crippen LogP contribution is 2.27. The monoisotopic (exact) mass is 482 g/mol. The van der Waals surface area contributed by atoms with Gasteiger partial charge >= 0.3 is 6.03 Å². The van der Waals surface area contributed by atoms with Crippen molar-refractivity contribution >= 4 is 27.6 Å². The molecule has 9 heteroatoms. The van der Waals surface area contributed by atoms with Crippen molar-refractivity contribution in [2.75, 3.05) is 44.2 Å². The molecule has 0 N–H and O–H groups in total. The first-order valence-electron chi connectivity index (χ1n) is 11.3. The van der Waals surface area contributed by atoms with Crippen molar-refractivity contribution in [3.63, 3.8) is 0 Å². The van der Waals surface area contributed by atoms with Crippen molar-refractivity contribution in [2.45, 2.75) is 24.8 Å². The molecule has 4 rings (SSSR count). The lowest BCUT2D eigenvalue weighted by molar-refractivity contribution is -0.135. The van der Waals surface area contributed by atoms with E-state index in [1.54, 1.807) is 23.1 Å². The maximum absolute atomic E-state index is 13.5. The van der Waals surface area contributed by atoms with Gasteiger partial charge in [0.15, 0.2) is 0 Å². The Labute approximate surface area is 201 Å². The number of nitrogens with zero attached hydrogens (tertiary/aromatic N) is 4. The van der Waals surface area contributed by atoms with Crippen molar-refractivity contribution in [3.8, 4) is 0 Å². The first-order chi connectivity index (χ1) is 16.2. The Kier molecular flexibility index (Phi) is 6.65. The molecule has 0 spiro atoms. The van der Waals surface area contributed by atoms with E-state index in [-0.39, 0.29) is 23.9 Å². The molecule has 3 amide bonds. The van der Waals surface area contributed by atoms with E-state index in [9.17, 15) is 18.0 Å². The van der Waals surface area contributed by atoms with E-state index in [0.717, 1.165) is 9.99 Å². The predicted molar refractivity (Wildman–Crippen MR) is 131 cm³/mol. The summed E-state index contributed by atoms with van der Waals surface area (Å²) >= 11 is 0. The molecule has 1 atom stereocenters. The molecule has 2 fully saturated rings. The Balaban J connectivity index is 1.50. The summed E-state index contributed by atoms with van der Waals surface area (Å²) in [7, 11) is -4.06. The highest BCUT2D eigenvalue weighted by molar-refractivity contribution is 7.89. The molecule has 0 bridgehead atoms. The van der Waals surface area contributed by atoms with Crippen LogP contribution in [0, 0.1) is 13.8 Å². The summed E-state index contributed by atoms with van der Waals surface area (Å²) in [5.74, 6) is -0.235. The van der Waals surface area contributed by atoms with Gasteiger partial charge in [-0.2, -0.15) is 0 Å². The van der Waals surface area contributed by atoms with Crippen molar-refractivity contribution in [1.82, 2.24) is 14.1 Å². The van der Waals surface area contributed by atoms with Crippen molar-refractivity contribution in [2.24, 2.45) is 0 Å². The zero-order chi connectivity index (χ0) is 24.5. The molecule has 0 radical (unpaired) electrons. The zero-order valence-corrected chi connectivity index (χ0v) is 20.4. The van der Waals surface area contributed by atoms with Crippen molar-refractivity contribution in [3.05, 3.63) is 72.3 Å². The number of hydrogen-bond acceptors (Lipinski definition) is 5. The number of amides is 3. The largest absolute Gasteiger partial charge is 0.368 e. The minimum atomic E-state index is -4.06. The molecule has 2 aliphatic rings. The molecule has 8 nitrogen and oxygen atoms in total. The Bertz CT molecular complexity index is 1190. The molecular formula is C25H30N4O4S. The van der Waals surface area contributed by atoms with Crippen LogP contribution in [0.2, 0.25) is 0 Å². The maximum Gasteiger partial charge on any atom is 0.335 e. The van der Waals surface area contributed by atoms with Gasteiger partial charge in [0.05, 0.1) is 11.4 Å². The lowest BCUT2D eigenvalue weighted by Gasteiger charge is -2.38. The number of hydrogen-bond donors (Lipinski definition) is 0. The number of piperazine rings is 1. The summed E-state index contributed by atoms with van der Waals surface area (Å²) in [6, 6.07) is 12.6. The van der Waals surface area contributed by atoms with Gasteiger partial charge in [0, 0.05) is 38.4 Å². The number of urea groups is 1. The molecule has 180 valence electrons. The highest BCUT2D eigenvalue weighted by atomic mass is 32.2. The Morgan fingerprint density at radius 3 is 2.38 bits per heavy atom. The minimum absolute atomic E-state index is 0.0251. The number of carbonyl (C=O) groups is 2. The number of benzene rings is 2. The molecule has 2 heterocycles. The molecule has 2 saturated heterocycles. The van der Waals surface area contributed by atoms with Crippen LogP contribution in [0.5, 0.6) is 0 Å². The first kappa shape index (κ1) is 23.8. The molecule has 2 aliphatic heterocycles. The SMILES string of the molecule is C=CCN1C(=O)N(S(=O)(=O)c2ccccc2)CC1C(=O)N1CCN(c2cc(C)ccc2C)CC1. The van der Waals surface area contributed by atoms with Crippen LogP contribution in [0.25, 0.3) is 0 Å². The van der Waals surface area contributed by atoms with Gasteiger partial charge in [-0.05, 0) is 43.2 Å². The van der Waals surface area contributed by atoms with Crippen LogP contribution >= 0.6 is 0 Å². The van der Waals surface area contributed by atoms with Crippen LogP contribution in [-0.4, -0.2) is 79.8 Å². The third-order valence-corrected chi connectivity index (χ3v) is 8.17. The number of aryl methyl sites for hydroxylation is 2. The van der Waals surface area contributed by atoms with E-state index < -0.39 is 22.1 Å². The van der Waals surface area contributed by atoms with E-state index in [1.807, 2.05) is 0 Å². The molecule has 1 unspecified atom stereocenters. The lowest BCUT2D eigenvalue weighted by atomic mass is 10.1. The standard InChI is InChI=1S/C25H30N4O4S/c1-4-12-28-23(18-29(25(28)31)34(32,33)21-8-6-5-7-9-21)24(30)27-15-13-26(14-16-27)22-17-19(2)10-11-20(22)3/h4-11,17,23H,1,12-16,18H2,2-3H3. The predicted octanol–water partition coefficient (Wildman–Crippen LogP) is 2.63. The fourth-order valence-electron chi connectivity index (χ4n) is 4.53. The summed E-state index contributed by atoms with van der Waals surface area (Å²) in [6.45, 7) is 10.0. The number of sulfonamides is 1. The molecule has 0 aliphatic carbocycles. The van der Waals surface area contributed by atoms with Gasteiger partial charge in [-0.15, -0.1) is 6.58 Å². The van der Waals surface area contributed by atoms with Gasteiger partial charge in [0.1, 0.15) is 6.04 Å². The van der Waals surface area contributed by atoms with Gasteiger partial charge in [-0.25, -0.2) is 17.5 Å². The minimum Gasteiger partial charge on any atom is -0.368 e. The summed E-state index contributed by atoms with van der Waals surface area (Å²) < 4.78 is 27.0. The normalized spacial score (nSPS) is 19.0. The highest BCUT2D eigenvalue weighted by Gasteiger charge is 2.47. The summed E-state index contributed by atoms with van der Waals surface area (Å²) in [5, 5.41) is 0. The Morgan fingerprint density at radius 1 is 1.06 bits per heavy atom. The second kappa shape index (κ2) is 9.50. The number of rotatable bonds is 6. The van der Waals surface area contributed by atoms with Gasteiger partial charge in [0.2, 0.25) is 5.91 Å². The van der Waals surface area contributed by atoms with Crippen molar-refractivity contribution in [1.29, 1.82) is 0 Å². The van der Waals surface area contributed by atoms with Crippen LogP contribution in [0.15, 0.2) is 66.1 Å². The van der Waals surface area contributed by atoms with Crippen LogP contribution in [0.1, 0.15) is 11.1 Å². The third kappa shape index (κ3) is 4.40. The molecule has 0 aromatic heterocycles. The molecule has 0 saturated carbocycles. The topological polar surface area (TPSA) is 81.2 Å².